The van der Waals surface area contributed by atoms with Gasteiger partial charge in [0, 0.05) is 32.2 Å². The number of nitrogens with one attached hydrogen (secondary N) is 1. The van der Waals surface area contributed by atoms with Crippen LogP contribution in [0.4, 0.5) is 5.69 Å². The second-order valence-electron chi connectivity index (χ2n) is 3.72. The number of pyridine rings is 1. The maximum absolute atomic E-state index is 5.20. The Morgan fingerprint density at radius 1 is 1.40 bits per heavy atom. The quantitative estimate of drug-likeness (QED) is 0.778. The predicted octanol–water partition coefficient (Wildman–Crippen LogP) is 0.808. The number of nitrogens with zero attached hydrogens (tertiary/aromatic N) is 2. The lowest BCUT2D eigenvalue weighted by Crippen LogP contribution is -2.43. The largest absolute Gasteiger partial charge is 0.495 e. The SMILES string of the molecule is COc1cnc(C)c(N2CCNCC2)c1. The molecule has 1 saturated heterocycles. The number of ether oxygens (including phenoxy) is 1. The van der Waals surface area contributed by atoms with E-state index in [0.29, 0.717) is 0 Å². The molecule has 2 rings (SSSR count). The minimum atomic E-state index is 0.828. The van der Waals surface area contributed by atoms with Gasteiger partial charge in [-0.2, -0.15) is 0 Å². The molecule has 0 saturated carbocycles. The summed E-state index contributed by atoms with van der Waals surface area (Å²) in [7, 11) is 1.67. The summed E-state index contributed by atoms with van der Waals surface area (Å²) in [5.74, 6) is 0.828. The zero-order valence-corrected chi connectivity index (χ0v) is 9.29. The van der Waals surface area contributed by atoms with Crippen LogP contribution in [0.3, 0.4) is 0 Å². The Balaban J connectivity index is 2.24. The Hall–Kier alpha value is -1.29. The number of rotatable bonds is 2. The van der Waals surface area contributed by atoms with Crippen molar-refractivity contribution in [2.45, 2.75) is 6.92 Å². The summed E-state index contributed by atoms with van der Waals surface area (Å²) >= 11 is 0. The van der Waals surface area contributed by atoms with Crippen LogP contribution in [0.15, 0.2) is 12.3 Å². The smallest absolute Gasteiger partial charge is 0.139 e. The van der Waals surface area contributed by atoms with E-state index in [9.17, 15) is 0 Å². The van der Waals surface area contributed by atoms with Crippen molar-refractivity contribution in [3.8, 4) is 5.75 Å². The third-order valence-corrected chi connectivity index (χ3v) is 2.73. The Bertz CT molecular complexity index is 335. The average Bonchev–Trinajstić information content (AvgIpc) is 2.31. The second kappa shape index (κ2) is 4.49. The minimum absolute atomic E-state index is 0.828. The normalized spacial score (nSPS) is 16.5. The average molecular weight is 207 g/mol. The summed E-state index contributed by atoms with van der Waals surface area (Å²) in [6.45, 7) is 6.19. The van der Waals surface area contributed by atoms with Crippen molar-refractivity contribution < 1.29 is 4.74 Å². The van der Waals surface area contributed by atoms with E-state index in [-0.39, 0.29) is 0 Å². The molecule has 2 heterocycles. The molecule has 0 bridgehead atoms. The van der Waals surface area contributed by atoms with Gasteiger partial charge in [-0.15, -0.1) is 0 Å². The molecule has 1 aliphatic rings. The highest BCUT2D eigenvalue weighted by molar-refractivity contribution is 5.53. The molecule has 1 aromatic heterocycles. The molecule has 0 amide bonds. The molecule has 1 aliphatic heterocycles. The van der Waals surface area contributed by atoms with Crippen LogP contribution in [0.5, 0.6) is 5.75 Å². The molecule has 0 radical (unpaired) electrons. The van der Waals surface area contributed by atoms with Gasteiger partial charge in [0.1, 0.15) is 5.75 Å². The first-order valence-electron chi connectivity index (χ1n) is 5.27. The van der Waals surface area contributed by atoms with Crippen LogP contribution in [-0.4, -0.2) is 38.3 Å². The second-order valence-corrected chi connectivity index (χ2v) is 3.72. The zero-order valence-electron chi connectivity index (χ0n) is 9.29. The van der Waals surface area contributed by atoms with E-state index in [4.69, 9.17) is 4.74 Å². The highest BCUT2D eigenvalue weighted by Crippen LogP contribution is 2.23. The number of methoxy groups -OCH3 is 1. The van der Waals surface area contributed by atoms with E-state index in [0.717, 1.165) is 37.6 Å². The molecular formula is C11H17N3O. The molecule has 1 aromatic rings. The fraction of sp³-hybridized carbons (Fsp3) is 0.545. The lowest BCUT2D eigenvalue weighted by atomic mass is 10.2. The van der Waals surface area contributed by atoms with Gasteiger partial charge in [0.2, 0.25) is 0 Å². The molecule has 0 aromatic carbocycles. The van der Waals surface area contributed by atoms with Crippen LogP contribution in [0, 0.1) is 6.92 Å². The van der Waals surface area contributed by atoms with E-state index in [1.807, 2.05) is 6.92 Å². The van der Waals surface area contributed by atoms with Gasteiger partial charge in [0.15, 0.2) is 0 Å². The molecule has 1 fully saturated rings. The van der Waals surface area contributed by atoms with Gasteiger partial charge in [0.05, 0.1) is 24.7 Å². The molecule has 0 atom stereocenters. The number of aryl methyl sites for hydroxylation is 1. The molecule has 0 spiro atoms. The lowest BCUT2D eigenvalue weighted by molar-refractivity contribution is 0.412. The first-order valence-corrected chi connectivity index (χ1v) is 5.27. The Morgan fingerprint density at radius 2 is 2.13 bits per heavy atom. The number of anilines is 1. The predicted molar refractivity (Wildman–Crippen MR) is 60.6 cm³/mol. The van der Waals surface area contributed by atoms with Gasteiger partial charge in [-0.1, -0.05) is 0 Å². The summed E-state index contributed by atoms with van der Waals surface area (Å²) in [4.78, 5) is 6.69. The first kappa shape index (κ1) is 10.2. The van der Waals surface area contributed by atoms with Crippen molar-refractivity contribution >= 4 is 5.69 Å². The van der Waals surface area contributed by atoms with E-state index in [2.05, 4.69) is 21.3 Å². The Kier molecular flexibility index (Phi) is 3.06. The maximum atomic E-state index is 5.20. The molecule has 1 N–H and O–H groups in total. The van der Waals surface area contributed by atoms with E-state index in [1.54, 1.807) is 13.3 Å². The fourth-order valence-electron chi connectivity index (χ4n) is 1.84. The van der Waals surface area contributed by atoms with Crippen LogP contribution < -0.4 is 15.0 Å². The summed E-state index contributed by atoms with van der Waals surface area (Å²) in [6.07, 6.45) is 1.76. The number of piperazine rings is 1. The lowest BCUT2D eigenvalue weighted by Gasteiger charge is -2.30. The topological polar surface area (TPSA) is 37.4 Å². The molecule has 0 unspecified atom stereocenters. The highest BCUT2D eigenvalue weighted by Gasteiger charge is 2.13. The van der Waals surface area contributed by atoms with Crippen molar-refractivity contribution in [3.05, 3.63) is 18.0 Å². The van der Waals surface area contributed by atoms with Gasteiger partial charge in [-0.25, -0.2) is 0 Å². The van der Waals surface area contributed by atoms with E-state index >= 15 is 0 Å². The van der Waals surface area contributed by atoms with E-state index < -0.39 is 0 Å². The van der Waals surface area contributed by atoms with Gasteiger partial charge < -0.3 is 15.0 Å². The van der Waals surface area contributed by atoms with Gasteiger partial charge >= 0.3 is 0 Å². The number of hydrogen-bond acceptors (Lipinski definition) is 4. The molecular weight excluding hydrogens is 190 g/mol. The minimum Gasteiger partial charge on any atom is -0.495 e. The first-order chi connectivity index (χ1) is 7.31. The fourth-order valence-corrected chi connectivity index (χ4v) is 1.84. The summed E-state index contributed by atoms with van der Waals surface area (Å²) < 4.78 is 5.20. The van der Waals surface area contributed by atoms with Crippen LogP contribution in [0.25, 0.3) is 0 Å². The van der Waals surface area contributed by atoms with Crippen LogP contribution in [0.2, 0.25) is 0 Å². The molecule has 0 aliphatic carbocycles. The molecule has 4 nitrogen and oxygen atoms in total. The third kappa shape index (κ3) is 2.21. The Morgan fingerprint density at radius 3 is 2.80 bits per heavy atom. The summed E-state index contributed by atoms with van der Waals surface area (Å²) in [5, 5.41) is 3.34. The van der Waals surface area contributed by atoms with Crippen molar-refractivity contribution in [3.63, 3.8) is 0 Å². The van der Waals surface area contributed by atoms with Gasteiger partial charge in [0.25, 0.3) is 0 Å². The maximum Gasteiger partial charge on any atom is 0.139 e. The third-order valence-electron chi connectivity index (χ3n) is 2.73. The van der Waals surface area contributed by atoms with Crippen LogP contribution in [-0.2, 0) is 0 Å². The van der Waals surface area contributed by atoms with Gasteiger partial charge in [-0.3, -0.25) is 4.98 Å². The molecule has 4 heteroatoms. The summed E-state index contributed by atoms with van der Waals surface area (Å²) in [5.41, 5.74) is 2.26. The standard InChI is InChI=1S/C11H17N3O/c1-9-11(7-10(15-2)8-13-9)14-5-3-12-4-6-14/h7-8,12H,3-6H2,1-2H3. The summed E-state index contributed by atoms with van der Waals surface area (Å²) in [6, 6.07) is 2.06. The van der Waals surface area contributed by atoms with Crippen LogP contribution in [0.1, 0.15) is 5.69 Å². The molecule has 15 heavy (non-hydrogen) atoms. The Labute approximate surface area is 90.3 Å². The van der Waals surface area contributed by atoms with Crippen molar-refractivity contribution in [1.82, 2.24) is 10.3 Å². The molecule has 82 valence electrons. The van der Waals surface area contributed by atoms with Crippen molar-refractivity contribution in [2.24, 2.45) is 0 Å². The van der Waals surface area contributed by atoms with Crippen molar-refractivity contribution in [2.75, 3.05) is 38.2 Å². The van der Waals surface area contributed by atoms with Crippen LogP contribution >= 0.6 is 0 Å². The van der Waals surface area contributed by atoms with Crippen molar-refractivity contribution in [1.29, 1.82) is 0 Å². The monoisotopic (exact) mass is 207 g/mol. The zero-order chi connectivity index (χ0) is 10.7. The van der Waals surface area contributed by atoms with E-state index in [1.165, 1.54) is 5.69 Å². The number of hydrogen-bond donors (Lipinski definition) is 1. The van der Waals surface area contributed by atoms with Gasteiger partial charge in [-0.05, 0) is 6.92 Å². The number of aromatic nitrogens is 1. The highest BCUT2D eigenvalue weighted by atomic mass is 16.5.